The lowest BCUT2D eigenvalue weighted by Crippen LogP contribution is -2.03. The number of aromatic hydroxyl groups is 1. The first-order chi connectivity index (χ1) is 13.7. The molecule has 0 saturated carbocycles. The summed E-state index contributed by atoms with van der Waals surface area (Å²) >= 11 is 5.86. The zero-order valence-electron chi connectivity index (χ0n) is 15.7. The first kappa shape index (κ1) is 23.3. The summed E-state index contributed by atoms with van der Waals surface area (Å²) in [6.45, 7) is -0.202. The maximum Gasteiger partial charge on any atom is 0.217 e. The van der Waals surface area contributed by atoms with Crippen molar-refractivity contribution in [1.82, 2.24) is 0 Å². The van der Waals surface area contributed by atoms with Crippen molar-refractivity contribution < 1.29 is 22.3 Å². The number of phenolic OH excluding ortho intramolecular Hbond substituents is 1. The molecule has 0 radical (unpaired) electrons. The Morgan fingerprint density at radius 3 is 2.07 bits per heavy atom. The van der Waals surface area contributed by atoms with E-state index in [4.69, 9.17) is 11.6 Å². The molecule has 1 unspecified atom stereocenters. The zero-order chi connectivity index (χ0) is 21.3. The summed E-state index contributed by atoms with van der Waals surface area (Å²) in [5.74, 6) is 1.32. The molecule has 3 rings (SSSR count). The highest BCUT2D eigenvalue weighted by atomic mass is 35.5. The fourth-order valence-electron chi connectivity index (χ4n) is 2.31. The smallest absolute Gasteiger partial charge is 0.217 e. The molecule has 0 saturated heterocycles. The van der Waals surface area contributed by atoms with Crippen molar-refractivity contribution in [1.29, 1.82) is 0 Å². The summed E-state index contributed by atoms with van der Waals surface area (Å²) in [7, 11) is -4.43. The predicted octanol–water partition coefficient (Wildman–Crippen LogP) is 4.52. The Hall–Kier alpha value is -2.03. The second kappa shape index (κ2) is 11.2. The van der Waals surface area contributed by atoms with Crippen molar-refractivity contribution in [2.45, 2.75) is 17.3 Å². The lowest BCUT2D eigenvalue weighted by molar-refractivity contribution is 0.253. The SMILES string of the molecule is C[S+](Cc1ccc(Cl)cc1)c1ccc(O)cc1.O=S(=O)([O-])OCc1ccccc1. The number of halogens is 1. The zero-order valence-corrected chi connectivity index (χ0v) is 18.1. The minimum atomic E-state index is -4.57. The van der Waals surface area contributed by atoms with Crippen LogP contribution >= 0.6 is 11.6 Å². The molecule has 5 nitrogen and oxygen atoms in total. The van der Waals surface area contributed by atoms with Gasteiger partial charge in [-0.3, -0.25) is 4.18 Å². The normalized spacial score (nSPS) is 12.0. The molecule has 0 amide bonds. The van der Waals surface area contributed by atoms with Crippen molar-refractivity contribution >= 4 is 32.9 Å². The molecule has 0 spiro atoms. The van der Waals surface area contributed by atoms with Crippen molar-refractivity contribution in [3.05, 3.63) is 95.0 Å². The topological polar surface area (TPSA) is 86.7 Å². The Kier molecular flexibility index (Phi) is 9.00. The van der Waals surface area contributed by atoms with Crippen molar-refractivity contribution in [3.63, 3.8) is 0 Å². The Morgan fingerprint density at radius 2 is 1.52 bits per heavy atom. The van der Waals surface area contributed by atoms with Crippen molar-refractivity contribution in [3.8, 4) is 5.75 Å². The molecule has 3 aromatic rings. The first-order valence-electron chi connectivity index (χ1n) is 8.53. The van der Waals surface area contributed by atoms with Gasteiger partial charge >= 0.3 is 0 Å². The van der Waals surface area contributed by atoms with Crippen molar-refractivity contribution in [2.24, 2.45) is 0 Å². The van der Waals surface area contributed by atoms with Gasteiger partial charge in [0.05, 0.1) is 6.61 Å². The molecule has 1 N–H and O–H groups in total. The maximum atomic E-state index is 10.0. The van der Waals surface area contributed by atoms with Crippen LogP contribution in [0.5, 0.6) is 5.75 Å². The van der Waals surface area contributed by atoms with Gasteiger partial charge in [-0.1, -0.05) is 54.1 Å². The molecule has 0 heterocycles. The number of phenols is 1. The van der Waals surface area contributed by atoms with E-state index in [1.54, 1.807) is 42.5 Å². The number of benzene rings is 3. The quantitative estimate of drug-likeness (QED) is 0.337. The highest BCUT2D eigenvalue weighted by Gasteiger charge is 2.15. The fraction of sp³-hybridized carbons (Fsp3) is 0.143. The highest BCUT2D eigenvalue weighted by molar-refractivity contribution is 7.95. The van der Waals surface area contributed by atoms with Crippen LogP contribution in [0.25, 0.3) is 0 Å². The van der Waals surface area contributed by atoms with Crippen LogP contribution in [0.15, 0.2) is 83.8 Å². The third kappa shape index (κ3) is 9.34. The van der Waals surface area contributed by atoms with Gasteiger partial charge in [0.25, 0.3) is 0 Å². The fourth-order valence-corrected chi connectivity index (χ4v) is 4.17. The highest BCUT2D eigenvalue weighted by Crippen LogP contribution is 2.20. The molecule has 0 aliphatic heterocycles. The molecule has 0 aliphatic rings. The van der Waals surface area contributed by atoms with E-state index >= 15 is 0 Å². The molecule has 0 aromatic heterocycles. The van der Waals surface area contributed by atoms with E-state index in [0.29, 0.717) is 11.3 Å². The summed E-state index contributed by atoms with van der Waals surface area (Å²) in [4.78, 5) is 1.26. The maximum absolute atomic E-state index is 10.0. The lowest BCUT2D eigenvalue weighted by Gasteiger charge is -2.06. The van der Waals surface area contributed by atoms with E-state index in [1.807, 2.05) is 24.3 Å². The van der Waals surface area contributed by atoms with Gasteiger partial charge in [0.2, 0.25) is 10.4 Å². The van der Waals surface area contributed by atoms with Gasteiger partial charge in [0.1, 0.15) is 17.8 Å². The van der Waals surface area contributed by atoms with Crippen LogP contribution in [-0.4, -0.2) is 24.3 Å². The Bertz CT molecular complexity index is 976. The predicted molar refractivity (Wildman–Crippen MR) is 116 cm³/mol. The third-order valence-electron chi connectivity index (χ3n) is 3.75. The molecule has 8 heteroatoms. The molecule has 0 fully saturated rings. The number of rotatable bonds is 6. The van der Waals surface area contributed by atoms with Crippen LogP contribution < -0.4 is 0 Å². The summed E-state index contributed by atoms with van der Waals surface area (Å²) in [6, 6.07) is 24.0. The second-order valence-corrected chi connectivity index (χ2v) is 9.58. The summed E-state index contributed by atoms with van der Waals surface area (Å²) < 4.78 is 34.1. The lowest BCUT2D eigenvalue weighted by atomic mass is 10.2. The summed E-state index contributed by atoms with van der Waals surface area (Å²) in [5.41, 5.74) is 1.94. The van der Waals surface area contributed by atoms with Crippen molar-refractivity contribution in [2.75, 3.05) is 6.26 Å². The standard InChI is InChI=1S/C14H13ClOS.C7H8O4S/c1-17(14-8-6-13(16)7-9-14)10-11-2-4-12(15)5-3-11;8-12(9,10)11-6-7-4-2-1-3-5-7/h2-9H,10H2,1H3;1-5H,6H2,(H,8,9,10). The minimum absolute atomic E-state index is 0.147. The summed E-state index contributed by atoms with van der Waals surface area (Å²) in [5, 5.41) is 10.0. The Morgan fingerprint density at radius 1 is 0.931 bits per heavy atom. The molecular weight excluding hydrogens is 432 g/mol. The molecule has 154 valence electrons. The van der Waals surface area contributed by atoms with E-state index in [0.717, 1.165) is 10.8 Å². The van der Waals surface area contributed by atoms with E-state index in [1.165, 1.54) is 10.5 Å². The van der Waals surface area contributed by atoms with Gasteiger partial charge in [0.15, 0.2) is 4.90 Å². The largest absolute Gasteiger partial charge is 0.726 e. The molecular formula is C21H21ClO5S2. The van der Waals surface area contributed by atoms with Crippen LogP contribution in [0.4, 0.5) is 0 Å². The Labute approximate surface area is 179 Å². The van der Waals surface area contributed by atoms with E-state index < -0.39 is 10.4 Å². The Balaban J connectivity index is 0.000000221. The van der Waals surface area contributed by atoms with Gasteiger partial charge in [0, 0.05) is 21.5 Å². The minimum Gasteiger partial charge on any atom is -0.726 e. The molecule has 1 atom stereocenters. The van der Waals surface area contributed by atoms with Crippen LogP contribution in [0.3, 0.4) is 0 Å². The van der Waals surface area contributed by atoms with Crippen LogP contribution in [0.2, 0.25) is 5.02 Å². The van der Waals surface area contributed by atoms with E-state index in [-0.39, 0.29) is 17.5 Å². The molecule has 29 heavy (non-hydrogen) atoms. The van der Waals surface area contributed by atoms with Crippen LogP contribution in [0.1, 0.15) is 11.1 Å². The first-order valence-corrected chi connectivity index (χ1v) is 12.0. The summed E-state index contributed by atoms with van der Waals surface area (Å²) in [6.07, 6.45) is 2.21. The number of hydrogen-bond acceptors (Lipinski definition) is 5. The molecule has 0 aliphatic carbocycles. The molecule has 0 bridgehead atoms. The average Bonchev–Trinajstić information content (AvgIpc) is 2.69. The van der Waals surface area contributed by atoms with E-state index in [2.05, 4.69) is 22.6 Å². The molecule has 3 aromatic carbocycles. The van der Waals surface area contributed by atoms with Gasteiger partial charge in [-0.05, 0) is 42.0 Å². The van der Waals surface area contributed by atoms with Gasteiger partial charge < -0.3 is 9.66 Å². The average molecular weight is 453 g/mol. The monoisotopic (exact) mass is 452 g/mol. The number of hydrogen-bond donors (Lipinski definition) is 1. The third-order valence-corrected chi connectivity index (χ3v) is 6.25. The van der Waals surface area contributed by atoms with Crippen LogP contribution in [-0.2, 0) is 37.8 Å². The van der Waals surface area contributed by atoms with E-state index in [9.17, 15) is 18.1 Å². The van der Waals surface area contributed by atoms with Gasteiger partial charge in [-0.2, -0.15) is 0 Å². The second-order valence-electron chi connectivity index (χ2n) is 6.06. The van der Waals surface area contributed by atoms with Gasteiger partial charge in [-0.15, -0.1) is 0 Å². The van der Waals surface area contributed by atoms with Gasteiger partial charge in [-0.25, -0.2) is 8.42 Å². The van der Waals surface area contributed by atoms with Crippen LogP contribution in [0, 0.1) is 0 Å².